The summed E-state index contributed by atoms with van der Waals surface area (Å²) in [5.74, 6) is -1.03. The first-order valence-electron chi connectivity index (χ1n) is 13.7. The minimum Gasteiger partial charge on any atom is -0.354 e. The Kier molecular flexibility index (Phi) is 7.78. The number of hydrogen-bond acceptors (Lipinski definition) is 6. The van der Waals surface area contributed by atoms with Crippen molar-refractivity contribution in [1.82, 2.24) is 29.9 Å². The van der Waals surface area contributed by atoms with E-state index in [2.05, 4.69) is 20.6 Å². The maximum atomic E-state index is 15.4. The quantitative estimate of drug-likeness (QED) is 0.360. The third-order valence-electron chi connectivity index (χ3n) is 7.71. The zero-order valence-electron chi connectivity index (χ0n) is 22.3. The van der Waals surface area contributed by atoms with Gasteiger partial charge >= 0.3 is 0 Å². The van der Waals surface area contributed by atoms with E-state index in [1.165, 1.54) is 33.9 Å². The summed E-state index contributed by atoms with van der Waals surface area (Å²) in [5.41, 5.74) is 1.34. The minimum absolute atomic E-state index is 0.0130. The zero-order valence-corrected chi connectivity index (χ0v) is 23.9. The number of carbonyl (C=O) groups is 2. The molecule has 0 aliphatic carbocycles. The van der Waals surface area contributed by atoms with Gasteiger partial charge in [0.1, 0.15) is 6.04 Å². The van der Waals surface area contributed by atoms with Gasteiger partial charge < -0.3 is 5.32 Å². The normalized spacial score (nSPS) is 19.5. The lowest BCUT2D eigenvalue weighted by Gasteiger charge is -2.26. The Balaban J connectivity index is 1.42. The Morgan fingerprint density at radius 1 is 0.976 bits per heavy atom. The molecule has 1 saturated heterocycles. The lowest BCUT2D eigenvalue weighted by atomic mass is 9.99. The molecule has 0 unspecified atom stereocenters. The molecule has 4 heterocycles. The lowest BCUT2D eigenvalue weighted by molar-refractivity contribution is -0.123. The second-order valence-corrected chi connectivity index (χ2v) is 11.1. The summed E-state index contributed by atoms with van der Waals surface area (Å²) in [7, 11) is 0. The number of benzene rings is 2. The molecule has 2 aromatic heterocycles. The number of aromatic nitrogens is 5. The van der Waals surface area contributed by atoms with Gasteiger partial charge in [-0.25, -0.2) is 14.1 Å². The average Bonchev–Trinajstić information content (AvgIpc) is 3.59. The molecule has 216 valence electrons. The summed E-state index contributed by atoms with van der Waals surface area (Å²) < 4.78 is 18.2. The number of fused-ring (bicyclic) bond motifs is 4. The number of nitrogens with zero attached hydrogens (tertiary/aromatic N) is 6. The van der Waals surface area contributed by atoms with Gasteiger partial charge in [-0.1, -0.05) is 53.4 Å². The van der Waals surface area contributed by atoms with Gasteiger partial charge in [0.25, 0.3) is 5.56 Å². The monoisotopic (exact) mass is 609 g/mol. The van der Waals surface area contributed by atoms with Gasteiger partial charge in [-0.2, -0.15) is 0 Å². The largest absolute Gasteiger partial charge is 0.354 e. The van der Waals surface area contributed by atoms with E-state index in [-0.39, 0.29) is 38.9 Å². The lowest BCUT2D eigenvalue weighted by Crippen LogP contribution is -2.45. The second kappa shape index (κ2) is 11.7. The highest BCUT2D eigenvalue weighted by Crippen LogP contribution is 2.34. The fourth-order valence-corrected chi connectivity index (χ4v) is 5.97. The average molecular weight is 610 g/mol. The molecule has 0 radical (unpaired) electrons. The number of carbonyl (C=O) groups excluding carboxylic acids is 2. The number of anilines is 1. The fourth-order valence-electron chi connectivity index (χ4n) is 5.69. The van der Waals surface area contributed by atoms with Crippen LogP contribution in [-0.4, -0.2) is 48.9 Å². The zero-order chi connectivity index (χ0) is 29.4. The summed E-state index contributed by atoms with van der Waals surface area (Å²) in [5, 5.41) is 10.6. The molecule has 0 spiro atoms. The highest BCUT2D eigenvalue weighted by atomic mass is 35.5. The van der Waals surface area contributed by atoms with E-state index in [0.717, 1.165) is 24.8 Å². The Morgan fingerprint density at radius 3 is 2.62 bits per heavy atom. The van der Waals surface area contributed by atoms with Gasteiger partial charge in [0.15, 0.2) is 11.0 Å². The van der Waals surface area contributed by atoms with E-state index in [0.29, 0.717) is 31.5 Å². The predicted molar refractivity (Wildman–Crippen MR) is 155 cm³/mol. The topological polar surface area (TPSA) is 115 Å². The molecule has 42 heavy (non-hydrogen) atoms. The van der Waals surface area contributed by atoms with Crippen LogP contribution in [0.5, 0.6) is 0 Å². The predicted octanol–water partition coefficient (Wildman–Crippen LogP) is 4.71. The Morgan fingerprint density at radius 2 is 1.83 bits per heavy atom. The Labute approximate surface area is 250 Å². The molecule has 2 amide bonds. The Bertz CT molecular complexity index is 1740. The van der Waals surface area contributed by atoms with Crippen molar-refractivity contribution in [3.05, 3.63) is 86.9 Å². The van der Waals surface area contributed by atoms with Crippen LogP contribution in [0.4, 0.5) is 10.1 Å². The molecule has 1 fully saturated rings. The number of rotatable bonds is 3. The third kappa shape index (κ3) is 5.30. The van der Waals surface area contributed by atoms with Gasteiger partial charge in [-0.15, -0.1) is 5.10 Å². The van der Waals surface area contributed by atoms with Crippen LogP contribution >= 0.6 is 23.2 Å². The maximum Gasteiger partial charge on any atom is 0.254 e. The van der Waals surface area contributed by atoms with Gasteiger partial charge in [0, 0.05) is 24.7 Å². The number of amides is 2. The SMILES string of the molecule is O=C1NCCCCC[C@H](n2cnc(-c3c(-n4cc(Cl)nn4)ccc(Cl)c3F)cc2=O)c2cccc(c2)N2C(=O)CC[C@@H]12. The molecule has 13 heteroatoms. The number of hydrogen-bond donors (Lipinski definition) is 1. The van der Waals surface area contributed by atoms with Crippen LogP contribution in [0, 0.1) is 5.82 Å². The van der Waals surface area contributed by atoms with E-state index < -0.39 is 23.5 Å². The molecule has 2 aliphatic rings. The van der Waals surface area contributed by atoms with E-state index in [1.54, 1.807) is 17.0 Å². The van der Waals surface area contributed by atoms with Crippen molar-refractivity contribution in [2.24, 2.45) is 0 Å². The smallest absolute Gasteiger partial charge is 0.254 e. The third-order valence-corrected chi connectivity index (χ3v) is 8.18. The molecule has 2 aliphatic heterocycles. The standard InChI is InChI=1S/C29H26Cl2FN7O3/c30-19-8-9-22(38-15-24(31)35-36-38)27(28(19)32)20-14-26(41)37(16-34-20)21-7-2-1-3-12-33-29(42)23-10-11-25(40)39(23)18-6-4-5-17(21)13-18/h4-6,8-9,13-16,21,23H,1-3,7,10-12H2,(H,33,42)/t21-,23-/m0/s1. The molecule has 6 rings (SSSR count). The minimum atomic E-state index is -0.756. The van der Waals surface area contributed by atoms with Crippen LogP contribution in [0.15, 0.2) is 59.8 Å². The van der Waals surface area contributed by atoms with Crippen molar-refractivity contribution in [2.75, 3.05) is 11.4 Å². The molecule has 10 nitrogen and oxygen atoms in total. The first-order chi connectivity index (χ1) is 20.3. The Hall–Kier alpha value is -4.09. The van der Waals surface area contributed by atoms with Crippen LogP contribution in [0.3, 0.4) is 0 Å². The first-order valence-corrected chi connectivity index (χ1v) is 14.4. The van der Waals surface area contributed by atoms with Crippen molar-refractivity contribution >= 4 is 40.7 Å². The van der Waals surface area contributed by atoms with Crippen molar-refractivity contribution in [3.8, 4) is 16.9 Å². The molecule has 2 aromatic carbocycles. The van der Waals surface area contributed by atoms with Crippen molar-refractivity contribution in [1.29, 1.82) is 0 Å². The van der Waals surface area contributed by atoms with Gasteiger partial charge in [-0.3, -0.25) is 23.9 Å². The fraction of sp³-hybridized carbons (Fsp3) is 0.310. The van der Waals surface area contributed by atoms with Crippen LogP contribution in [0.1, 0.15) is 50.1 Å². The molecule has 0 saturated carbocycles. The summed E-state index contributed by atoms with van der Waals surface area (Å²) in [6.45, 7) is 0.514. The van der Waals surface area contributed by atoms with Gasteiger partial charge in [-0.05, 0) is 49.1 Å². The molecular formula is C29H26Cl2FN7O3. The van der Waals surface area contributed by atoms with E-state index in [9.17, 15) is 14.4 Å². The van der Waals surface area contributed by atoms with E-state index in [4.69, 9.17) is 23.2 Å². The maximum absolute atomic E-state index is 15.4. The van der Waals surface area contributed by atoms with E-state index in [1.807, 2.05) is 18.2 Å². The van der Waals surface area contributed by atoms with Gasteiger partial charge in [0.05, 0.1) is 40.5 Å². The van der Waals surface area contributed by atoms with Crippen LogP contribution in [-0.2, 0) is 9.59 Å². The first kappa shape index (κ1) is 28.0. The van der Waals surface area contributed by atoms with Crippen molar-refractivity contribution < 1.29 is 14.0 Å². The molecular weight excluding hydrogens is 584 g/mol. The highest BCUT2D eigenvalue weighted by Gasteiger charge is 2.37. The van der Waals surface area contributed by atoms with Gasteiger partial charge in [0.2, 0.25) is 11.8 Å². The number of nitrogens with one attached hydrogen (secondary N) is 1. The van der Waals surface area contributed by atoms with Crippen LogP contribution < -0.4 is 15.8 Å². The molecule has 4 aromatic rings. The molecule has 2 bridgehead atoms. The summed E-state index contributed by atoms with van der Waals surface area (Å²) in [4.78, 5) is 45.4. The highest BCUT2D eigenvalue weighted by molar-refractivity contribution is 6.31. The van der Waals surface area contributed by atoms with Crippen LogP contribution in [0.25, 0.3) is 16.9 Å². The number of halogens is 3. The second-order valence-electron chi connectivity index (χ2n) is 10.3. The summed E-state index contributed by atoms with van der Waals surface area (Å²) >= 11 is 12.0. The van der Waals surface area contributed by atoms with E-state index >= 15 is 4.39 Å². The van der Waals surface area contributed by atoms with Crippen molar-refractivity contribution in [3.63, 3.8) is 0 Å². The van der Waals surface area contributed by atoms with Crippen LogP contribution in [0.2, 0.25) is 10.2 Å². The molecule has 1 N–H and O–H groups in total. The summed E-state index contributed by atoms with van der Waals surface area (Å²) in [6, 6.07) is 10.6. The van der Waals surface area contributed by atoms with Crippen molar-refractivity contribution in [2.45, 2.75) is 50.6 Å². The molecule has 2 atom stereocenters. The summed E-state index contributed by atoms with van der Waals surface area (Å²) in [6.07, 6.45) is 6.56.